The average molecular weight is 637 g/mol. The van der Waals surface area contributed by atoms with Crippen molar-refractivity contribution in [3.8, 4) is 33.6 Å². The van der Waals surface area contributed by atoms with E-state index >= 15 is 0 Å². The van der Waals surface area contributed by atoms with Crippen LogP contribution in [-0.4, -0.2) is 9.97 Å². The van der Waals surface area contributed by atoms with Crippen molar-refractivity contribution >= 4 is 48.0 Å². The van der Waals surface area contributed by atoms with E-state index in [-0.39, 0.29) is 10.8 Å². The van der Waals surface area contributed by atoms with Crippen LogP contribution in [0.4, 0.5) is 0 Å². The van der Waals surface area contributed by atoms with Crippen molar-refractivity contribution < 1.29 is 0 Å². The van der Waals surface area contributed by atoms with Gasteiger partial charge in [0.1, 0.15) is 0 Å². The lowest BCUT2D eigenvalue weighted by Gasteiger charge is -2.24. The van der Waals surface area contributed by atoms with Crippen molar-refractivity contribution in [3.05, 3.63) is 150 Å². The van der Waals surface area contributed by atoms with Crippen molar-refractivity contribution in [2.45, 2.75) is 45.4 Å². The number of thiophene rings is 1. The highest BCUT2D eigenvalue weighted by Crippen LogP contribution is 2.55. The van der Waals surface area contributed by atoms with Crippen LogP contribution in [0.2, 0.25) is 0 Å². The van der Waals surface area contributed by atoms with Gasteiger partial charge in [0.2, 0.25) is 0 Å². The van der Waals surface area contributed by atoms with Gasteiger partial charge in [0.15, 0.2) is 5.82 Å². The van der Waals surface area contributed by atoms with Gasteiger partial charge in [0, 0.05) is 53.1 Å². The van der Waals surface area contributed by atoms with Crippen LogP contribution in [0.3, 0.4) is 0 Å². The third kappa shape index (κ3) is 3.85. The number of hydrogen-bond donors (Lipinski definition) is 0. The van der Waals surface area contributed by atoms with Crippen LogP contribution in [0.15, 0.2) is 122 Å². The molecule has 2 heterocycles. The molecule has 48 heavy (non-hydrogen) atoms. The third-order valence-corrected chi connectivity index (χ3v) is 11.9. The normalized spacial score (nSPS) is 15.6. The maximum atomic E-state index is 5.45. The fraction of sp³-hybridized carbons (Fsp3) is 0.156. The van der Waals surface area contributed by atoms with Gasteiger partial charge in [-0.25, -0.2) is 9.97 Å². The van der Waals surface area contributed by atoms with E-state index in [0.29, 0.717) is 0 Å². The van der Waals surface area contributed by atoms with Crippen molar-refractivity contribution in [3.63, 3.8) is 0 Å². The third-order valence-electron chi connectivity index (χ3n) is 10.7. The van der Waals surface area contributed by atoms with Crippen LogP contribution in [0.25, 0.3) is 70.3 Å². The van der Waals surface area contributed by atoms with Crippen molar-refractivity contribution in [2.75, 3.05) is 0 Å². The van der Waals surface area contributed by atoms with E-state index in [0.717, 1.165) is 33.6 Å². The van der Waals surface area contributed by atoms with Gasteiger partial charge in [-0.15, -0.1) is 11.3 Å². The molecule has 9 rings (SSSR count). The Morgan fingerprint density at radius 2 is 1.50 bits per heavy atom. The van der Waals surface area contributed by atoms with E-state index in [2.05, 4.69) is 150 Å². The topological polar surface area (TPSA) is 25.8 Å². The number of aromatic nitrogens is 2. The summed E-state index contributed by atoms with van der Waals surface area (Å²) in [6.07, 6.45) is 8.15. The molecule has 0 bridgehead atoms. The SMILES string of the molecule is C=C/C=C(\C=C/C)c1nc(-c2ccc3c(c2)-c2c(ccc4c2sc2ccccc24)C3(C)C)nc2ccc3c(c12)C(C)(C)c1ccccc1-3. The fourth-order valence-electron chi connectivity index (χ4n) is 8.51. The summed E-state index contributed by atoms with van der Waals surface area (Å²) in [5.74, 6) is 0.739. The van der Waals surface area contributed by atoms with Gasteiger partial charge in [0.05, 0.1) is 11.2 Å². The first-order valence-electron chi connectivity index (χ1n) is 16.7. The van der Waals surface area contributed by atoms with Crippen molar-refractivity contribution in [1.29, 1.82) is 0 Å². The molecule has 0 aliphatic heterocycles. The van der Waals surface area contributed by atoms with E-state index in [1.807, 2.05) is 17.4 Å². The molecular formula is C45H36N2S. The van der Waals surface area contributed by atoms with E-state index in [1.54, 1.807) is 0 Å². The Hall–Kier alpha value is -5.12. The van der Waals surface area contributed by atoms with Gasteiger partial charge in [-0.05, 0) is 64.1 Å². The molecule has 7 aromatic rings. The minimum atomic E-state index is -0.196. The number of allylic oxidation sites excluding steroid dienone is 5. The molecule has 2 aliphatic carbocycles. The highest BCUT2D eigenvalue weighted by molar-refractivity contribution is 7.26. The van der Waals surface area contributed by atoms with Gasteiger partial charge in [-0.3, -0.25) is 0 Å². The summed E-state index contributed by atoms with van der Waals surface area (Å²) < 4.78 is 2.69. The highest BCUT2D eigenvalue weighted by Gasteiger charge is 2.39. The Balaban J connectivity index is 1.32. The second-order valence-electron chi connectivity index (χ2n) is 14.2. The molecule has 0 saturated carbocycles. The molecule has 0 fully saturated rings. The number of fused-ring (bicyclic) bond motifs is 12. The Morgan fingerprint density at radius 1 is 0.729 bits per heavy atom. The molecule has 0 N–H and O–H groups in total. The van der Waals surface area contributed by atoms with E-state index in [1.165, 1.54) is 64.7 Å². The monoisotopic (exact) mass is 636 g/mol. The van der Waals surface area contributed by atoms with Crippen molar-refractivity contribution in [2.24, 2.45) is 0 Å². The summed E-state index contributed by atoms with van der Waals surface area (Å²) in [5, 5.41) is 3.77. The fourth-order valence-corrected chi connectivity index (χ4v) is 9.78. The van der Waals surface area contributed by atoms with Crippen LogP contribution in [-0.2, 0) is 10.8 Å². The predicted molar refractivity (Wildman–Crippen MR) is 206 cm³/mol. The molecule has 0 saturated heterocycles. The molecule has 3 heteroatoms. The van der Waals surface area contributed by atoms with Crippen molar-refractivity contribution in [1.82, 2.24) is 9.97 Å². The molecule has 2 nitrogen and oxygen atoms in total. The van der Waals surface area contributed by atoms with E-state index < -0.39 is 0 Å². The number of rotatable bonds is 4. The van der Waals surface area contributed by atoms with Crippen LogP contribution < -0.4 is 0 Å². The smallest absolute Gasteiger partial charge is 0.160 e. The predicted octanol–water partition coefficient (Wildman–Crippen LogP) is 12.4. The molecular weight excluding hydrogens is 601 g/mol. The minimum absolute atomic E-state index is 0.101. The summed E-state index contributed by atoms with van der Waals surface area (Å²) in [6.45, 7) is 15.5. The summed E-state index contributed by atoms with van der Waals surface area (Å²) >= 11 is 1.90. The first kappa shape index (κ1) is 29.1. The zero-order valence-electron chi connectivity index (χ0n) is 28.0. The van der Waals surface area contributed by atoms with Gasteiger partial charge in [-0.1, -0.05) is 131 Å². The maximum Gasteiger partial charge on any atom is 0.160 e. The average Bonchev–Trinajstić information content (AvgIpc) is 3.67. The second-order valence-corrected chi connectivity index (χ2v) is 15.2. The molecule has 0 atom stereocenters. The highest BCUT2D eigenvalue weighted by atomic mass is 32.1. The lowest BCUT2D eigenvalue weighted by molar-refractivity contribution is 0.661. The largest absolute Gasteiger partial charge is 0.228 e. The Kier molecular flexibility index (Phi) is 6.17. The zero-order valence-corrected chi connectivity index (χ0v) is 28.8. The molecule has 2 aromatic heterocycles. The molecule has 232 valence electrons. The first-order valence-corrected chi connectivity index (χ1v) is 17.6. The van der Waals surface area contributed by atoms with Crippen LogP contribution >= 0.6 is 11.3 Å². The van der Waals surface area contributed by atoms with Crippen LogP contribution in [0.1, 0.15) is 62.6 Å². The van der Waals surface area contributed by atoms with E-state index in [4.69, 9.17) is 9.97 Å². The minimum Gasteiger partial charge on any atom is -0.228 e. The molecule has 0 spiro atoms. The Labute approximate surface area is 285 Å². The second kappa shape index (κ2) is 10.2. The van der Waals surface area contributed by atoms with Gasteiger partial charge < -0.3 is 0 Å². The maximum absolute atomic E-state index is 5.45. The van der Waals surface area contributed by atoms with Crippen LogP contribution in [0, 0.1) is 0 Å². The van der Waals surface area contributed by atoms with Gasteiger partial charge in [-0.2, -0.15) is 0 Å². The molecule has 5 aromatic carbocycles. The molecule has 0 radical (unpaired) electrons. The van der Waals surface area contributed by atoms with Crippen LogP contribution in [0.5, 0.6) is 0 Å². The molecule has 0 unspecified atom stereocenters. The summed E-state index contributed by atoms with van der Waals surface area (Å²) in [7, 11) is 0. The number of benzene rings is 5. The number of hydrogen-bond acceptors (Lipinski definition) is 3. The molecule has 2 aliphatic rings. The Bertz CT molecular complexity index is 2590. The van der Waals surface area contributed by atoms with Gasteiger partial charge >= 0.3 is 0 Å². The van der Waals surface area contributed by atoms with Gasteiger partial charge in [0.25, 0.3) is 0 Å². The summed E-state index contributed by atoms with van der Waals surface area (Å²) in [4.78, 5) is 10.8. The summed E-state index contributed by atoms with van der Waals surface area (Å²) in [5.41, 5.74) is 14.2. The lowest BCUT2D eigenvalue weighted by atomic mass is 9.80. The standard InChI is InChI=1S/C45H36N2S/c1-7-13-26(14-8-2)41-39-36(24-21-30-28-15-9-11-17-33(28)45(5,6)40(30)39)46-43(47-41)27-19-22-34-32(25-27)38-35(44(34,3)4)23-20-31-29-16-10-12-18-37(29)48-42(31)38/h7-25H,1H2,2-6H3/b14-8-,26-13+. The first-order chi connectivity index (χ1) is 23.2. The summed E-state index contributed by atoms with van der Waals surface area (Å²) in [6, 6.07) is 33.6. The van der Waals surface area contributed by atoms with E-state index in [9.17, 15) is 0 Å². The number of nitrogens with zero attached hydrogens (tertiary/aromatic N) is 2. The molecule has 0 amide bonds. The lowest BCUT2D eigenvalue weighted by Crippen LogP contribution is -2.16. The quantitative estimate of drug-likeness (QED) is 0.180. The Morgan fingerprint density at radius 3 is 2.33 bits per heavy atom. The zero-order chi connectivity index (χ0) is 32.9.